The van der Waals surface area contributed by atoms with Gasteiger partial charge >= 0.3 is 0 Å². The lowest BCUT2D eigenvalue weighted by Crippen LogP contribution is -2.51. The first-order chi connectivity index (χ1) is 13.7. The minimum absolute atomic E-state index is 0.171. The minimum atomic E-state index is -0.825. The summed E-state index contributed by atoms with van der Waals surface area (Å²) in [6, 6.07) is 11.4. The van der Waals surface area contributed by atoms with Gasteiger partial charge in [-0.3, -0.25) is 14.4 Å². The van der Waals surface area contributed by atoms with Gasteiger partial charge in [0.05, 0.1) is 12.2 Å². The fourth-order valence-corrected chi connectivity index (χ4v) is 3.01. The number of carbonyl (C=O) groups is 3. The Hall–Kier alpha value is -2.74. The van der Waals surface area contributed by atoms with Crippen LogP contribution in [0.5, 0.6) is 0 Å². The molecule has 0 saturated carbocycles. The first-order valence-electron chi connectivity index (χ1n) is 9.05. The van der Waals surface area contributed by atoms with E-state index in [0.29, 0.717) is 5.69 Å². The van der Waals surface area contributed by atoms with Gasteiger partial charge < -0.3 is 15.5 Å². The molecule has 2 aromatic carbocycles. The quantitative estimate of drug-likeness (QED) is 0.659. The van der Waals surface area contributed by atoms with Gasteiger partial charge in [0.2, 0.25) is 11.8 Å². The highest BCUT2D eigenvalue weighted by Gasteiger charge is 2.28. The van der Waals surface area contributed by atoms with Crippen molar-refractivity contribution in [3.05, 3.63) is 64.4 Å². The zero-order valence-corrected chi connectivity index (χ0v) is 18.0. The predicted octanol–water partition coefficient (Wildman–Crippen LogP) is 3.44. The molecule has 3 amide bonds. The smallest absolute Gasteiger partial charge is 0.251 e. The fraction of sp³-hybridized carbons (Fsp3) is 0.286. The zero-order chi connectivity index (χ0) is 21.6. The minimum Gasteiger partial charge on any atom is -0.340 e. The van der Waals surface area contributed by atoms with Gasteiger partial charge in [-0.15, -0.1) is 0 Å². The molecule has 1 atom stereocenters. The Kier molecular flexibility index (Phi) is 7.90. The van der Waals surface area contributed by atoms with E-state index in [1.54, 1.807) is 32.0 Å². The lowest BCUT2D eigenvalue weighted by atomic mass is 10.0. The monoisotopic (exact) mass is 463 g/mol. The van der Waals surface area contributed by atoms with Crippen molar-refractivity contribution in [1.29, 1.82) is 0 Å². The van der Waals surface area contributed by atoms with Gasteiger partial charge in [0.1, 0.15) is 11.9 Å². The number of hydrogen-bond acceptors (Lipinski definition) is 3. The highest BCUT2D eigenvalue weighted by molar-refractivity contribution is 9.10. The van der Waals surface area contributed by atoms with Crippen LogP contribution < -0.4 is 10.6 Å². The molecule has 1 unspecified atom stereocenters. The number of carbonyl (C=O) groups excluding carboxylic acids is 3. The average molecular weight is 464 g/mol. The van der Waals surface area contributed by atoms with Crippen LogP contribution in [0.4, 0.5) is 10.1 Å². The van der Waals surface area contributed by atoms with Crippen LogP contribution in [0.2, 0.25) is 0 Å². The Morgan fingerprint density at radius 2 is 1.69 bits per heavy atom. The van der Waals surface area contributed by atoms with Gasteiger partial charge in [0.15, 0.2) is 0 Å². The molecule has 0 aliphatic rings. The van der Waals surface area contributed by atoms with E-state index in [2.05, 4.69) is 26.6 Å². The zero-order valence-electron chi connectivity index (χ0n) is 16.4. The average Bonchev–Trinajstić information content (AvgIpc) is 2.67. The first kappa shape index (κ1) is 22.5. The molecule has 0 aromatic heterocycles. The molecule has 0 spiro atoms. The Morgan fingerprint density at radius 1 is 1.07 bits per heavy atom. The maximum absolute atomic E-state index is 13.0. The SMILES string of the molecule is CC(C)C(NC(=O)c1ccc(F)cc1)C(=O)N(C)CC(=O)Nc1ccccc1Br. The number of hydrogen-bond donors (Lipinski definition) is 2. The van der Waals surface area contributed by atoms with E-state index in [9.17, 15) is 18.8 Å². The summed E-state index contributed by atoms with van der Waals surface area (Å²) in [5, 5.41) is 5.41. The molecule has 8 heteroatoms. The molecule has 0 bridgehead atoms. The third-order valence-electron chi connectivity index (χ3n) is 4.23. The fourth-order valence-electron chi connectivity index (χ4n) is 2.62. The van der Waals surface area contributed by atoms with Crippen LogP contribution in [-0.4, -0.2) is 42.3 Å². The normalized spacial score (nSPS) is 11.7. The highest BCUT2D eigenvalue weighted by atomic mass is 79.9. The van der Waals surface area contributed by atoms with Crippen LogP contribution in [0.3, 0.4) is 0 Å². The Labute approximate surface area is 177 Å². The summed E-state index contributed by atoms with van der Waals surface area (Å²) >= 11 is 3.35. The molecule has 0 saturated heterocycles. The molecule has 29 heavy (non-hydrogen) atoms. The summed E-state index contributed by atoms with van der Waals surface area (Å²) in [6.07, 6.45) is 0. The largest absolute Gasteiger partial charge is 0.340 e. The standard InChI is InChI=1S/C21H23BrFN3O3/c1-13(2)19(25-20(28)14-8-10-15(23)11-9-14)21(29)26(3)12-18(27)24-17-7-5-4-6-16(17)22/h4-11,13,19H,12H2,1-3H3,(H,24,27)(H,25,28). The van der Waals surface area contributed by atoms with Crippen LogP contribution in [0, 0.1) is 11.7 Å². The number of amides is 3. The number of rotatable bonds is 7. The highest BCUT2D eigenvalue weighted by Crippen LogP contribution is 2.21. The van der Waals surface area contributed by atoms with Gasteiger partial charge in [-0.05, 0) is 58.2 Å². The van der Waals surface area contributed by atoms with Gasteiger partial charge in [-0.2, -0.15) is 0 Å². The molecule has 2 rings (SSSR count). The molecular weight excluding hydrogens is 441 g/mol. The predicted molar refractivity (Wildman–Crippen MR) is 113 cm³/mol. The van der Waals surface area contributed by atoms with Gasteiger partial charge in [-0.25, -0.2) is 4.39 Å². The van der Waals surface area contributed by atoms with Crippen molar-refractivity contribution in [3.8, 4) is 0 Å². The molecular formula is C21H23BrFN3O3. The molecule has 0 heterocycles. The molecule has 2 N–H and O–H groups in total. The van der Waals surface area contributed by atoms with E-state index in [-0.39, 0.29) is 23.9 Å². The van der Waals surface area contributed by atoms with Gasteiger partial charge in [-0.1, -0.05) is 26.0 Å². The van der Waals surface area contributed by atoms with Crippen molar-refractivity contribution in [1.82, 2.24) is 10.2 Å². The Bertz CT molecular complexity index is 887. The van der Waals surface area contributed by atoms with Crippen LogP contribution in [0.25, 0.3) is 0 Å². The molecule has 0 aliphatic heterocycles. The van der Waals surface area contributed by atoms with Crippen LogP contribution in [-0.2, 0) is 9.59 Å². The maximum Gasteiger partial charge on any atom is 0.251 e. The molecule has 0 aliphatic carbocycles. The summed E-state index contributed by atoms with van der Waals surface area (Å²) in [5.74, 6) is -1.89. The number of likely N-dealkylation sites (N-methyl/N-ethyl adjacent to an activating group) is 1. The van der Waals surface area contributed by atoms with E-state index < -0.39 is 23.7 Å². The van der Waals surface area contributed by atoms with Crippen molar-refractivity contribution in [2.75, 3.05) is 18.9 Å². The second kappa shape index (κ2) is 10.2. The Balaban J connectivity index is 2.01. The van der Waals surface area contributed by atoms with Crippen molar-refractivity contribution in [3.63, 3.8) is 0 Å². The van der Waals surface area contributed by atoms with Crippen molar-refractivity contribution < 1.29 is 18.8 Å². The first-order valence-corrected chi connectivity index (χ1v) is 9.84. The van der Waals surface area contributed by atoms with Crippen LogP contribution >= 0.6 is 15.9 Å². The number of nitrogens with one attached hydrogen (secondary N) is 2. The molecule has 6 nitrogen and oxygen atoms in total. The molecule has 0 fully saturated rings. The summed E-state index contributed by atoms with van der Waals surface area (Å²) in [6.45, 7) is 3.42. The molecule has 0 radical (unpaired) electrons. The van der Waals surface area contributed by atoms with E-state index >= 15 is 0 Å². The second-order valence-corrected chi connectivity index (χ2v) is 7.78. The van der Waals surface area contributed by atoms with Crippen molar-refractivity contribution in [2.45, 2.75) is 19.9 Å². The van der Waals surface area contributed by atoms with Crippen LogP contribution in [0.1, 0.15) is 24.2 Å². The third kappa shape index (κ3) is 6.39. The topological polar surface area (TPSA) is 78.5 Å². The van der Waals surface area contributed by atoms with E-state index in [1.165, 1.54) is 36.2 Å². The summed E-state index contributed by atoms with van der Waals surface area (Å²) in [7, 11) is 1.50. The number of anilines is 1. The van der Waals surface area contributed by atoms with E-state index in [1.807, 2.05) is 6.07 Å². The lowest BCUT2D eigenvalue weighted by Gasteiger charge is -2.27. The number of benzene rings is 2. The van der Waals surface area contributed by atoms with Gasteiger partial charge in [0.25, 0.3) is 5.91 Å². The number of para-hydroxylation sites is 1. The number of nitrogens with zero attached hydrogens (tertiary/aromatic N) is 1. The molecule has 154 valence electrons. The summed E-state index contributed by atoms with van der Waals surface area (Å²) in [5.41, 5.74) is 0.850. The lowest BCUT2D eigenvalue weighted by molar-refractivity contribution is -0.135. The summed E-state index contributed by atoms with van der Waals surface area (Å²) in [4.78, 5) is 38.8. The van der Waals surface area contributed by atoms with Crippen molar-refractivity contribution >= 4 is 39.3 Å². The van der Waals surface area contributed by atoms with E-state index in [4.69, 9.17) is 0 Å². The van der Waals surface area contributed by atoms with Crippen LogP contribution in [0.15, 0.2) is 53.0 Å². The third-order valence-corrected chi connectivity index (χ3v) is 4.92. The van der Waals surface area contributed by atoms with E-state index in [0.717, 1.165) is 4.47 Å². The summed E-state index contributed by atoms with van der Waals surface area (Å²) < 4.78 is 13.8. The second-order valence-electron chi connectivity index (χ2n) is 6.92. The number of halogens is 2. The van der Waals surface area contributed by atoms with Gasteiger partial charge in [0, 0.05) is 17.1 Å². The van der Waals surface area contributed by atoms with Crippen molar-refractivity contribution in [2.24, 2.45) is 5.92 Å². The Morgan fingerprint density at radius 3 is 2.28 bits per heavy atom. The molecule has 2 aromatic rings. The maximum atomic E-state index is 13.0.